The Hall–Kier alpha value is -2.04. The molecule has 2 fully saturated rings. The first-order valence-electron chi connectivity index (χ1n) is 7.98. The summed E-state index contributed by atoms with van der Waals surface area (Å²) in [6, 6.07) is 7.36. The SMILES string of the molecule is CN(C(=O)Oc1ccccc1C1CCCCC1)[C@H]1CNC1=O. The highest BCUT2D eigenvalue weighted by Crippen LogP contribution is 2.37. The van der Waals surface area contributed by atoms with Gasteiger partial charge in [0.2, 0.25) is 5.91 Å². The molecule has 1 aliphatic heterocycles. The van der Waals surface area contributed by atoms with Crippen LogP contribution in [0.15, 0.2) is 24.3 Å². The van der Waals surface area contributed by atoms with E-state index in [-0.39, 0.29) is 5.91 Å². The van der Waals surface area contributed by atoms with Crippen molar-refractivity contribution in [1.82, 2.24) is 10.2 Å². The molecule has 0 radical (unpaired) electrons. The maximum Gasteiger partial charge on any atom is 0.415 e. The summed E-state index contributed by atoms with van der Waals surface area (Å²) in [7, 11) is 1.61. The van der Waals surface area contributed by atoms with E-state index in [4.69, 9.17) is 4.74 Å². The molecule has 1 aliphatic carbocycles. The van der Waals surface area contributed by atoms with Gasteiger partial charge < -0.3 is 10.1 Å². The average molecular weight is 302 g/mol. The molecule has 5 heteroatoms. The highest BCUT2D eigenvalue weighted by Gasteiger charge is 2.35. The lowest BCUT2D eigenvalue weighted by atomic mass is 9.84. The molecule has 0 spiro atoms. The molecule has 3 rings (SSSR count). The molecule has 5 nitrogen and oxygen atoms in total. The predicted octanol–water partition coefficient (Wildman–Crippen LogP) is 2.66. The second-order valence-corrected chi connectivity index (χ2v) is 6.11. The minimum Gasteiger partial charge on any atom is -0.410 e. The number of rotatable bonds is 3. The van der Waals surface area contributed by atoms with E-state index in [0.717, 1.165) is 18.4 Å². The van der Waals surface area contributed by atoms with Crippen LogP contribution in [0.1, 0.15) is 43.6 Å². The minimum absolute atomic E-state index is 0.125. The van der Waals surface area contributed by atoms with Gasteiger partial charge in [-0.2, -0.15) is 0 Å². The van der Waals surface area contributed by atoms with Gasteiger partial charge in [0.15, 0.2) is 0 Å². The number of nitrogens with zero attached hydrogens (tertiary/aromatic N) is 1. The van der Waals surface area contributed by atoms with Crippen molar-refractivity contribution < 1.29 is 14.3 Å². The number of ether oxygens (including phenoxy) is 1. The van der Waals surface area contributed by atoms with E-state index >= 15 is 0 Å². The van der Waals surface area contributed by atoms with E-state index in [1.807, 2.05) is 18.2 Å². The quantitative estimate of drug-likeness (QED) is 0.873. The predicted molar refractivity (Wildman–Crippen MR) is 82.9 cm³/mol. The fourth-order valence-corrected chi connectivity index (χ4v) is 3.21. The van der Waals surface area contributed by atoms with Gasteiger partial charge in [0, 0.05) is 13.6 Å². The van der Waals surface area contributed by atoms with Gasteiger partial charge >= 0.3 is 6.09 Å². The third-order valence-corrected chi connectivity index (χ3v) is 4.69. The smallest absolute Gasteiger partial charge is 0.410 e. The fraction of sp³-hybridized carbons (Fsp3) is 0.529. The summed E-state index contributed by atoms with van der Waals surface area (Å²) in [4.78, 5) is 25.0. The molecule has 1 aromatic carbocycles. The van der Waals surface area contributed by atoms with Crippen molar-refractivity contribution in [3.8, 4) is 5.75 Å². The van der Waals surface area contributed by atoms with E-state index < -0.39 is 12.1 Å². The lowest BCUT2D eigenvalue weighted by molar-refractivity contribution is -0.131. The topological polar surface area (TPSA) is 58.6 Å². The number of hydrogen-bond acceptors (Lipinski definition) is 3. The molecule has 1 aromatic rings. The van der Waals surface area contributed by atoms with Gasteiger partial charge in [-0.05, 0) is 30.4 Å². The number of carbonyl (C=O) groups is 2. The number of β-lactam (4-membered cyclic amide) rings is 1. The molecule has 1 N–H and O–H groups in total. The Morgan fingerprint density at radius 2 is 1.95 bits per heavy atom. The van der Waals surface area contributed by atoms with Crippen LogP contribution in [0.3, 0.4) is 0 Å². The van der Waals surface area contributed by atoms with E-state index in [2.05, 4.69) is 11.4 Å². The van der Waals surface area contributed by atoms with Crippen LogP contribution in [0, 0.1) is 0 Å². The zero-order chi connectivity index (χ0) is 15.5. The number of amides is 2. The van der Waals surface area contributed by atoms with Crippen molar-refractivity contribution in [3.05, 3.63) is 29.8 Å². The Labute approximate surface area is 130 Å². The summed E-state index contributed by atoms with van der Waals surface area (Å²) < 4.78 is 5.57. The molecule has 22 heavy (non-hydrogen) atoms. The molecular weight excluding hydrogens is 280 g/mol. The van der Waals surface area contributed by atoms with Crippen molar-refractivity contribution >= 4 is 12.0 Å². The van der Waals surface area contributed by atoms with Crippen molar-refractivity contribution in [2.24, 2.45) is 0 Å². The molecular formula is C17H22N2O3. The summed E-state index contributed by atoms with van der Waals surface area (Å²) in [6.07, 6.45) is 5.58. The van der Waals surface area contributed by atoms with E-state index in [1.54, 1.807) is 7.05 Å². The molecule has 0 bridgehead atoms. The summed E-state index contributed by atoms with van der Waals surface area (Å²) in [5.41, 5.74) is 1.11. The number of carbonyl (C=O) groups excluding carboxylic acids is 2. The normalized spacial score (nSPS) is 21.7. The zero-order valence-electron chi connectivity index (χ0n) is 12.9. The van der Waals surface area contributed by atoms with Gasteiger partial charge in [-0.3, -0.25) is 9.69 Å². The van der Waals surface area contributed by atoms with Gasteiger partial charge in [0.25, 0.3) is 0 Å². The van der Waals surface area contributed by atoms with Gasteiger partial charge in [-0.25, -0.2) is 4.79 Å². The monoisotopic (exact) mass is 302 g/mol. The third-order valence-electron chi connectivity index (χ3n) is 4.69. The number of para-hydroxylation sites is 1. The van der Waals surface area contributed by atoms with Crippen LogP contribution in [0.2, 0.25) is 0 Å². The van der Waals surface area contributed by atoms with Gasteiger partial charge in [0.05, 0.1) is 0 Å². The molecule has 1 heterocycles. The van der Waals surface area contributed by atoms with Gasteiger partial charge in [0.1, 0.15) is 11.8 Å². The first kappa shape index (κ1) is 14.9. The van der Waals surface area contributed by atoms with Crippen LogP contribution >= 0.6 is 0 Å². The van der Waals surface area contributed by atoms with Gasteiger partial charge in [-0.15, -0.1) is 0 Å². The second-order valence-electron chi connectivity index (χ2n) is 6.11. The Morgan fingerprint density at radius 1 is 1.23 bits per heavy atom. The third kappa shape index (κ3) is 2.93. The first-order valence-corrected chi connectivity index (χ1v) is 7.98. The number of hydrogen-bond donors (Lipinski definition) is 1. The second kappa shape index (κ2) is 6.38. The summed E-state index contributed by atoms with van der Waals surface area (Å²) in [6.45, 7) is 0.495. The van der Waals surface area contributed by atoms with E-state index in [0.29, 0.717) is 18.2 Å². The van der Waals surface area contributed by atoms with Crippen molar-refractivity contribution in [2.75, 3.05) is 13.6 Å². The van der Waals surface area contributed by atoms with Gasteiger partial charge in [-0.1, -0.05) is 37.5 Å². The number of likely N-dealkylation sites (N-methyl/N-ethyl adjacent to an activating group) is 1. The lowest BCUT2D eigenvalue weighted by Crippen LogP contribution is -2.62. The lowest BCUT2D eigenvalue weighted by Gasteiger charge is -2.33. The molecule has 2 amide bonds. The van der Waals surface area contributed by atoms with Crippen LogP contribution in [-0.4, -0.2) is 36.5 Å². The Kier molecular flexibility index (Phi) is 4.32. The first-order chi connectivity index (χ1) is 10.7. The maximum atomic E-state index is 12.3. The van der Waals surface area contributed by atoms with Crippen LogP contribution in [0.25, 0.3) is 0 Å². The molecule has 0 aromatic heterocycles. The highest BCUT2D eigenvalue weighted by molar-refractivity contribution is 5.91. The number of nitrogens with one attached hydrogen (secondary N) is 1. The molecule has 2 aliphatic rings. The summed E-state index contributed by atoms with van der Waals surface area (Å²) >= 11 is 0. The number of benzene rings is 1. The Balaban J connectivity index is 1.71. The molecule has 1 atom stereocenters. The van der Waals surface area contributed by atoms with Crippen molar-refractivity contribution in [1.29, 1.82) is 0 Å². The van der Waals surface area contributed by atoms with Crippen molar-refractivity contribution in [2.45, 2.75) is 44.1 Å². The van der Waals surface area contributed by atoms with E-state index in [9.17, 15) is 9.59 Å². The van der Waals surface area contributed by atoms with Crippen LogP contribution in [0.5, 0.6) is 5.75 Å². The Bertz CT molecular complexity index is 567. The average Bonchev–Trinajstić information content (AvgIpc) is 2.54. The van der Waals surface area contributed by atoms with E-state index in [1.165, 1.54) is 24.2 Å². The largest absolute Gasteiger partial charge is 0.415 e. The highest BCUT2D eigenvalue weighted by atomic mass is 16.6. The molecule has 1 saturated heterocycles. The minimum atomic E-state index is -0.469. The zero-order valence-corrected chi connectivity index (χ0v) is 12.9. The van der Waals surface area contributed by atoms with Crippen LogP contribution in [0.4, 0.5) is 4.79 Å². The standard InChI is InChI=1S/C17H22N2O3/c1-19(14-11-18-16(14)20)17(21)22-15-10-6-5-9-13(15)12-7-3-2-4-8-12/h5-6,9-10,12,14H,2-4,7-8,11H2,1H3,(H,18,20)/t14-/m0/s1. The summed E-state index contributed by atoms with van der Waals surface area (Å²) in [5.74, 6) is 0.973. The summed E-state index contributed by atoms with van der Waals surface area (Å²) in [5, 5.41) is 2.63. The van der Waals surface area contributed by atoms with Crippen LogP contribution < -0.4 is 10.1 Å². The molecule has 0 unspecified atom stereocenters. The fourth-order valence-electron chi connectivity index (χ4n) is 3.21. The molecule has 118 valence electrons. The molecule has 1 saturated carbocycles. The van der Waals surface area contributed by atoms with Crippen molar-refractivity contribution in [3.63, 3.8) is 0 Å². The maximum absolute atomic E-state index is 12.3. The van der Waals surface area contributed by atoms with Crippen LogP contribution in [-0.2, 0) is 4.79 Å². The Morgan fingerprint density at radius 3 is 2.59 bits per heavy atom.